The monoisotopic (exact) mass is 267 g/mol. The maximum atomic E-state index is 5.68. The van der Waals surface area contributed by atoms with Crippen molar-refractivity contribution in [3.8, 4) is 0 Å². The van der Waals surface area contributed by atoms with Gasteiger partial charge in [0.05, 0.1) is 0 Å². The highest BCUT2D eigenvalue weighted by Crippen LogP contribution is 2.30. The number of hydrogen-bond donors (Lipinski definition) is 1. The van der Waals surface area contributed by atoms with Gasteiger partial charge < -0.3 is 5.73 Å². The van der Waals surface area contributed by atoms with Gasteiger partial charge in [0.25, 0.3) is 0 Å². The van der Waals surface area contributed by atoms with Gasteiger partial charge in [0.2, 0.25) is 0 Å². The third-order valence-corrected chi connectivity index (χ3v) is 3.67. The molecule has 3 atom stereocenters. The lowest BCUT2D eigenvalue weighted by Crippen LogP contribution is -2.15. The van der Waals surface area contributed by atoms with Crippen LogP contribution in [0.4, 0.5) is 0 Å². The molecule has 0 aromatic carbocycles. The van der Waals surface area contributed by atoms with Crippen LogP contribution < -0.4 is 5.73 Å². The lowest BCUT2D eigenvalue weighted by Gasteiger charge is -2.12. The predicted octanol–water partition coefficient (Wildman–Crippen LogP) is 2.58. The summed E-state index contributed by atoms with van der Waals surface area (Å²) < 4.78 is 0.874. The Morgan fingerprint density at radius 1 is 1.36 bits per heavy atom. The van der Waals surface area contributed by atoms with Crippen LogP contribution >= 0.6 is 22.6 Å². The van der Waals surface area contributed by atoms with Gasteiger partial charge in [-0.3, -0.25) is 0 Å². The van der Waals surface area contributed by atoms with Crippen LogP contribution in [0.25, 0.3) is 0 Å². The second-order valence-corrected chi connectivity index (χ2v) is 5.61. The first kappa shape index (κ1) is 9.78. The second kappa shape index (κ2) is 4.65. The first-order valence-electron chi connectivity index (χ1n) is 4.56. The molecular formula is C9H18IN. The van der Waals surface area contributed by atoms with E-state index in [1.54, 1.807) is 0 Å². The van der Waals surface area contributed by atoms with E-state index in [0.717, 1.165) is 22.3 Å². The molecular weight excluding hydrogens is 249 g/mol. The fraction of sp³-hybridized carbons (Fsp3) is 1.00. The number of rotatable bonds is 1. The number of nitrogens with two attached hydrogens (primary N) is 1. The number of alkyl halides is 1. The molecule has 0 bridgehead atoms. The van der Waals surface area contributed by atoms with Crippen molar-refractivity contribution in [2.75, 3.05) is 6.54 Å². The zero-order valence-electron chi connectivity index (χ0n) is 7.22. The molecule has 11 heavy (non-hydrogen) atoms. The summed E-state index contributed by atoms with van der Waals surface area (Å²) in [7, 11) is 0. The Hall–Kier alpha value is 0.690. The molecule has 1 nitrogen and oxygen atoms in total. The second-order valence-electron chi connectivity index (χ2n) is 3.85. The minimum atomic E-state index is 0.807. The van der Waals surface area contributed by atoms with Crippen LogP contribution in [0, 0.1) is 11.8 Å². The van der Waals surface area contributed by atoms with Crippen LogP contribution in [0.15, 0.2) is 0 Å². The first-order chi connectivity index (χ1) is 5.22. The van der Waals surface area contributed by atoms with Gasteiger partial charge in [-0.1, -0.05) is 35.9 Å². The predicted molar refractivity (Wildman–Crippen MR) is 58.0 cm³/mol. The van der Waals surface area contributed by atoms with E-state index in [1.165, 1.54) is 25.7 Å². The van der Waals surface area contributed by atoms with Gasteiger partial charge in [-0.2, -0.15) is 0 Å². The summed E-state index contributed by atoms with van der Waals surface area (Å²) in [5.41, 5.74) is 5.68. The van der Waals surface area contributed by atoms with Crippen molar-refractivity contribution in [2.45, 2.75) is 36.5 Å². The summed E-state index contributed by atoms with van der Waals surface area (Å²) in [6, 6.07) is 0. The van der Waals surface area contributed by atoms with Gasteiger partial charge in [0, 0.05) is 3.92 Å². The quantitative estimate of drug-likeness (QED) is 0.441. The van der Waals surface area contributed by atoms with Crippen LogP contribution in [0.5, 0.6) is 0 Å². The Balaban J connectivity index is 2.39. The summed E-state index contributed by atoms with van der Waals surface area (Å²) in [6.45, 7) is 3.26. The molecule has 2 N–H and O–H groups in total. The van der Waals surface area contributed by atoms with Crippen LogP contribution in [0.2, 0.25) is 0 Å². The fourth-order valence-electron chi connectivity index (χ4n) is 1.86. The summed E-state index contributed by atoms with van der Waals surface area (Å²) in [4.78, 5) is 0. The van der Waals surface area contributed by atoms with E-state index in [-0.39, 0.29) is 0 Å². The van der Waals surface area contributed by atoms with Crippen molar-refractivity contribution in [3.05, 3.63) is 0 Å². The van der Waals surface area contributed by atoms with E-state index in [9.17, 15) is 0 Å². The molecule has 1 aliphatic carbocycles. The van der Waals surface area contributed by atoms with Crippen LogP contribution in [0.3, 0.4) is 0 Å². The molecule has 0 radical (unpaired) electrons. The number of hydrogen-bond acceptors (Lipinski definition) is 1. The highest BCUT2D eigenvalue weighted by atomic mass is 127. The van der Waals surface area contributed by atoms with Gasteiger partial charge in [0.1, 0.15) is 0 Å². The highest BCUT2D eigenvalue weighted by molar-refractivity contribution is 14.1. The van der Waals surface area contributed by atoms with E-state index < -0.39 is 0 Å². The number of halogens is 1. The zero-order chi connectivity index (χ0) is 8.27. The summed E-state index contributed by atoms with van der Waals surface area (Å²) >= 11 is 2.58. The molecule has 1 fully saturated rings. The summed E-state index contributed by atoms with van der Waals surface area (Å²) in [6.07, 6.45) is 5.50. The maximum absolute atomic E-state index is 5.68. The third-order valence-electron chi connectivity index (χ3n) is 2.65. The molecule has 0 spiro atoms. The van der Waals surface area contributed by atoms with Gasteiger partial charge >= 0.3 is 0 Å². The molecule has 0 aromatic heterocycles. The van der Waals surface area contributed by atoms with Crippen molar-refractivity contribution < 1.29 is 0 Å². The van der Waals surface area contributed by atoms with Gasteiger partial charge in [-0.05, 0) is 37.6 Å². The molecule has 0 aromatic rings. The molecule has 2 heteroatoms. The molecule has 0 saturated heterocycles. The van der Waals surface area contributed by atoms with Crippen LogP contribution in [-0.4, -0.2) is 10.5 Å². The fourth-order valence-corrected chi connectivity index (χ4v) is 3.45. The Morgan fingerprint density at radius 3 is 2.73 bits per heavy atom. The third kappa shape index (κ3) is 3.28. The van der Waals surface area contributed by atoms with E-state index in [0.29, 0.717) is 0 Å². The molecule has 0 heterocycles. The minimum absolute atomic E-state index is 0.807. The van der Waals surface area contributed by atoms with E-state index >= 15 is 0 Å². The first-order valence-corrected chi connectivity index (χ1v) is 5.81. The van der Waals surface area contributed by atoms with E-state index in [1.807, 2.05) is 0 Å². The SMILES string of the molecule is CC1CCC(CN)CC(I)C1. The van der Waals surface area contributed by atoms with Crippen LogP contribution in [-0.2, 0) is 0 Å². The molecule has 1 rings (SSSR count). The summed E-state index contributed by atoms with van der Waals surface area (Å²) in [5.74, 6) is 1.73. The Bertz CT molecular complexity index is 116. The summed E-state index contributed by atoms with van der Waals surface area (Å²) in [5, 5.41) is 0. The largest absolute Gasteiger partial charge is 0.330 e. The Morgan fingerprint density at radius 2 is 2.09 bits per heavy atom. The Kier molecular flexibility index (Phi) is 4.13. The maximum Gasteiger partial charge on any atom is 0.0115 e. The minimum Gasteiger partial charge on any atom is -0.330 e. The molecule has 0 amide bonds. The lowest BCUT2D eigenvalue weighted by molar-refractivity contribution is 0.455. The Labute approximate surface area is 83.3 Å². The normalized spacial score (nSPS) is 40.1. The molecule has 66 valence electrons. The topological polar surface area (TPSA) is 26.0 Å². The highest BCUT2D eigenvalue weighted by Gasteiger charge is 2.20. The van der Waals surface area contributed by atoms with Crippen molar-refractivity contribution in [3.63, 3.8) is 0 Å². The van der Waals surface area contributed by atoms with Gasteiger partial charge in [-0.25, -0.2) is 0 Å². The van der Waals surface area contributed by atoms with E-state index in [2.05, 4.69) is 29.5 Å². The zero-order valence-corrected chi connectivity index (χ0v) is 9.38. The van der Waals surface area contributed by atoms with Crippen molar-refractivity contribution in [1.82, 2.24) is 0 Å². The molecule has 1 saturated carbocycles. The van der Waals surface area contributed by atoms with Crippen LogP contribution in [0.1, 0.15) is 32.6 Å². The molecule has 1 aliphatic rings. The lowest BCUT2D eigenvalue weighted by atomic mass is 10.00. The average Bonchev–Trinajstić information content (AvgIpc) is 2.11. The van der Waals surface area contributed by atoms with Gasteiger partial charge in [-0.15, -0.1) is 0 Å². The molecule has 3 unspecified atom stereocenters. The standard InChI is InChI=1S/C9H18IN/c1-7-2-3-8(6-11)5-9(10)4-7/h7-9H,2-6,11H2,1H3. The average molecular weight is 267 g/mol. The van der Waals surface area contributed by atoms with E-state index in [4.69, 9.17) is 5.73 Å². The smallest absolute Gasteiger partial charge is 0.0115 e. The van der Waals surface area contributed by atoms with Crippen molar-refractivity contribution in [2.24, 2.45) is 17.6 Å². The van der Waals surface area contributed by atoms with Crippen molar-refractivity contribution >= 4 is 22.6 Å². The molecule has 0 aliphatic heterocycles. The van der Waals surface area contributed by atoms with Crippen molar-refractivity contribution in [1.29, 1.82) is 0 Å². The van der Waals surface area contributed by atoms with Gasteiger partial charge in [0.15, 0.2) is 0 Å².